The highest BCUT2D eigenvalue weighted by atomic mass is 35.5. The van der Waals surface area contributed by atoms with E-state index in [1.807, 2.05) is 30.9 Å². The third-order valence-corrected chi connectivity index (χ3v) is 5.03. The molecule has 21 heavy (non-hydrogen) atoms. The summed E-state index contributed by atoms with van der Waals surface area (Å²) in [6.45, 7) is 5.52. The molecule has 2 rings (SSSR count). The van der Waals surface area contributed by atoms with E-state index in [-0.39, 0.29) is 10.8 Å². The fourth-order valence-electron chi connectivity index (χ4n) is 3.19. The number of nitrogens with zero attached hydrogens (tertiary/aromatic N) is 1. The van der Waals surface area contributed by atoms with Crippen LogP contribution in [0.3, 0.4) is 0 Å². The van der Waals surface area contributed by atoms with Crippen molar-refractivity contribution in [1.29, 1.82) is 0 Å². The molecule has 1 aliphatic carbocycles. The number of amides is 1. The summed E-state index contributed by atoms with van der Waals surface area (Å²) in [5, 5.41) is 0. The van der Waals surface area contributed by atoms with Gasteiger partial charge in [-0.1, -0.05) is 31.4 Å². The lowest BCUT2D eigenvalue weighted by Crippen LogP contribution is -2.30. The maximum atomic E-state index is 12.3. The molecule has 1 aliphatic rings. The SMILES string of the molecule is CCN(CC)C(=O)c1ccc(CC2(Cl)CCCCC2)cc1. The topological polar surface area (TPSA) is 20.3 Å². The number of hydrogen-bond acceptors (Lipinski definition) is 1. The van der Waals surface area contributed by atoms with Crippen molar-refractivity contribution in [1.82, 2.24) is 4.90 Å². The van der Waals surface area contributed by atoms with Crippen molar-refractivity contribution < 1.29 is 4.79 Å². The molecule has 0 saturated heterocycles. The molecular weight excluding hydrogens is 282 g/mol. The van der Waals surface area contributed by atoms with Gasteiger partial charge in [0, 0.05) is 23.5 Å². The number of carbonyl (C=O) groups is 1. The van der Waals surface area contributed by atoms with Crippen LogP contribution in [-0.4, -0.2) is 28.8 Å². The molecule has 0 spiro atoms. The molecule has 2 nitrogen and oxygen atoms in total. The number of rotatable bonds is 5. The summed E-state index contributed by atoms with van der Waals surface area (Å²) in [7, 11) is 0. The van der Waals surface area contributed by atoms with Gasteiger partial charge in [0.25, 0.3) is 5.91 Å². The maximum absolute atomic E-state index is 12.3. The minimum absolute atomic E-state index is 0.0668. The van der Waals surface area contributed by atoms with Gasteiger partial charge in [-0.15, -0.1) is 11.6 Å². The van der Waals surface area contributed by atoms with Crippen LogP contribution < -0.4 is 0 Å². The fourth-order valence-corrected chi connectivity index (χ4v) is 3.61. The highest BCUT2D eigenvalue weighted by Crippen LogP contribution is 2.36. The van der Waals surface area contributed by atoms with Crippen molar-refractivity contribution in [2.45, 2.75) is 57.2 Å². The summed E-state index contributed by atoms with van der Waals surface area (Å²) in [6.07, 6.45) is 6.91. The molecular formula is C18H26ClNO. The van der Waals surface area contributed by atoms with Gasteiger partial charge >= 0.3 is 0 Å². The van der Waals surface area contributed by atoms with Gasteiger partial charge in [0.15, 0.2) is 0 Å². The van der Waals surface area contributed by atoms with Gasteiger partial charge in [-0.3, -0.25) is 4.79 Å². The molecule has 0 aromatic heterocycles. The highest BCUT2D eigenvalue weighted by Gasteiger charge is 2.29. The van der Waals surface area contributed by atoms with Gasteiger partial charge < -0.3 is 4.90 Å². The largest absolute Gasteiger partial charge is 0.339 e. The summed E-state index contributed by atoms with van der Waals surface area (Å²) >= 11 is 6.73. The first-order chi connectivity index (χ1) is 10.1. The van der Waals surface area contributed by atoms with Crippen molar-refractivity contribution in [2.24, 2.45) is 0 Å². The average molecular weight is 308 g/mol. The van der Waals surface area contributed by atoms with Gasteiger partial charge in [-0.25, -0.2) is 0 Å². The van der Waals surface area contributed by atoms with Crippen LogP contribution in [0.4, 0.5) is 0 Å². The van der Waals surface area contributed by atoms with Crippen LogP contribution >= 0.6 is 11.6 Å². The zero-order chi connectivity index (χ0) is 15.3. The van der Waals surface area contributed by atoms with E-state index >= 15 is 0 Å². The van der Waals surface area contributed by atoms with Crippen molar-refractivity contribution in [3.05, 3.63) is 35.4 Å². The molecule has 0 unspecified atom stereocenters. The molecule has 0 bridgehead atoms. The molecule has 1 aromatic rings. The Kier molecular flexibility index (Phi) is 5.69. The second kappa shape index (κ2) is 7.31. The van der Waals surface area contributed by atoms with Crippen LogP contribution in [0.25, 0.3) is 0 Å². The number of carbonyl (C=O) groups excluding carboxylic acids is 1. The molecule has 0 atom stereocenters. The quantitative estimate of drug-likeness (QED) is 0.725. The zero-order valence-corrected chi connectivity index (χ0v) is 14.0. The van der Waals surface area contributed by atoms with Gasteiger partial charge in [-0.2, -0.15) is 0 Å². The van der Waals surface area contributed by atoms with Gasteiger partial charge in [-0.05, 0) is 50.8 Å². The first-order valence-electron chi connectivity index (χ1n) is 8.15. The lowest BCUT2D eigenvalue weighted by Gasteiger charge is -2.31. The Balaban J connectivity index is 2.03. The van der Waals surface area contributed by atoms with E-state index < -0.39 is 0 Å². The van der Waals surface area contributed by atoms with Gasteiger partial charge in [0.05, 0.1) is 0 Å². The third kappa shape index (κ3) is 4.23. The smallest absolute Gasteiger partial charge is 0.253 e. The lowest BCUT2D eigenvalue weighted by molar-refractivity contribution is 0.0773. The Morgan fingerprint density at radius 1 is 1.10 bits per heavy atom. The van der Waals surface area contributed by atoms with Crippen molar-refractivity contribution >= 4 is 17.5 Å². The average Bonchev–Trinajstić information content (AvgIpc) is 2.49. The third-order valence-electron chi connectivity index (χ3n) is 4.52. The summed E-state index contributed by atoms with van der Waals surface area (Å²) < 4.78 is 0. The van der Waals surface area contributed by atoms with Gasteiger partial charge in [0.2, 0.25) is 0 Å². The predicted octanol–water partition coefficient (Wildman–Crippen LogP) is 4.65. The van der Waals surface area contributed by atoms with Crippen LogP contribution in [0, 0.1) is 0 Å². The molecule has 3 heteroatoms. The lowest BCUT2D eigenvalue weighted by atomic mass is 9.84. The van der Waals surface area contributed by atoms with Crippen LogP contribution in [-0.2, 0) is 6.42 Å². The van der Waals surface area contributed by atoms with Crippen LogP contribution in [0.5, 0.6) is 0 Å². The van der Waals surface area contributed by atoms with Gasteiger partial charge in [0.1, 0.15) is 0 Å². The number of alkyl halides is 1. The Hall–Kier alpha value is -1.02. The molecule has 1 fully saturated rings. The second-order valence-corrected chi connectivity index (χ2v) is 6.86. The molecule has 1 amide bonds. The molecule has 0 heterocycles. The minimum atomic E-state index is -0.0668. The highest BCUT2D eigenvalue weighted by molar-refractivity contribution is 6.24. The number of halogens is 1. The van der Waals surface area contributed by atoms with E-state index in [1.165, 1.54) is 24.8 Å². The van der Waals surface area contributed by atoms with E-state index in [0.29, 0.717) is 0 Å². The summed E-state index contributed by atoms with van der Waals surface area (Å²) in [4.78, 5) is 14.1. The monoisotopic (exact) mass is 307 g/mol. The van der Waals surface area contributed by atoms with E-state index in [1.54, 1.807) is 0 Å². The molecule has 0 aliphatic heterocycles. The predicted molar refractivity (Wildman–Crippen MR) is 89.1 cm³/mol. The van der Waals surface area contributed by atoms with Crippen LogP contribution in [0.2, 0.25) is 0 Å². The Morgan fingerprint density at radius 2 is 1.67 bits per heavy atom. The number of benzene rings is 1. The zero-order valence-electron chi connectivity index (χ0n) is 13.2. The molecule has 0 radical (unpaired) electrons. The van der Waals surface area contributed by atoms with Crippen molar-refractivity contribution in [3.8, 4) is 0 Å². The molecule has 1 saturated carbocycles. The van der Waals surface area contributed by atoms with Crippen molar-refractivity contribution in [3.63, 3.8) is 0 Å². The molecule has 116 valence electrons. The molecule has 1 aromatic carbocycles. The standard InChI is InChI=1S/C18H26ClNO/c1-3-20(4-2)17(21)16-10-8-15(9-11-16)14-18(19)12-6-5-7-13-18/h8-11H,3-7,12-14H2,1-2H3. The minimum Gasteiger partial charge on any atom is -0.339 e. The second-order valence-electron chi connectivity index (χ2n) is 6.06. The summed E-state index contributed by atoms with van der Waals surface area (Å²) in [5.41, 5.74) is 2.01. The fraction of sp³-hybridized carbons (Fsp3) is 0.611. The number of hydrogen-bond donors (Lipinski definition) is 0. The first-order valence-corrected chi connectivity index (χ1v) is 8.53. The van der Waals surface area contributed by atoms with Crippen molar-refractivity contribution in [2.75, 3.05) is 13.1 Å². The Labute approximate surface area is 133 Å². The normalized spacial score (nSPS) is 17.5. The first kappa shape index (κ1) is 16.4. The Morgan fingerprint density at radius 3 is 2.19 bits per heavy atom. The maximum Gasteiger partial charge on any atom is 0.253 e. The summed E-state index contributed by atoms with van der Waals surface area (Å²) in [5.74, 6) is 0.116. The Bertz CT molecular complexity index is 459. The van der Waals surface area contributed by atoms with Crippen LogP contribution in [0.15, 0.2) is 24.3 Å². The summed E-state index contributed by atoms with van der Waals surface area (Å²) in [6, 6.07) is 8.02. The van der Waals surface area contributed by atoms with E-state index in [0.717, 1.165) is 37.9 Å². The molecule has 0 N–H and O–H groups in total. The van der Waals surface area contributed by atoms with Crippen LogP contribution in [0.1, 0.15) is 61.9 Å². The van der Waals surface area contributed by atoms with E-state index in [4.69, 9.17) is 11.6 Å². The van der Waals surface area contributed by atoms with E-state index in [9.17, 15) is 4.79 Å². The van der Waals surface area contributed by atoms with E-state index in [2.05, 4.69) is 12.1 Å².